The molecule has 0 aromatic heterocycles. The Kier molecular flexibility index (Phi) is 4.58. The standard InChI is InChI=1S/C16H17FO3/c1-19-15-8-4-7-13(16(15)20-2)14(18)10-11-5-3-6-12(17)9-11/h3-9,14,18H,10H2,1-2H3. The van der Waals surface area contributed by atoms with E-state index in [1.807, 2.05) is 0 Å². The number of halogens is 1. The van der Waals surface area contributed by atoms with Gasteiger partial charge in [0.1, 0.15) is 5.82 Å². The smallest absolute Gasteiger partial charge is 0.166 e. The average molecular weight is 276 g/mol. The molecule has 0 aliphatic rings. The summed E-state index contributed by atoms with van der Waals surface area (Å²) in [7, 11) is 3.07. The van der Waals surface area contributed by atoms with Gasteiger partial charge in [0.05, 0.1) is 20.3 Å². The molecule has 0 saturated heterocycles. The van der Waals surface area contributed by atoms with Gasteiger partial charge in [0.15, 0.2) is 11.5 Å². The lowest BCUT2D eigenvalue weighted by Gasteiger charge is -2.17. The Bertz CT molecular complexity index is 584. The Morgan fingerprint density at radius 1 is 1.10 bits per heavy atom. The maximum Gasteiger partial charge on any atom is 0.166 e. The van der Waals surface area contributed by atoms with Crippen LogP contribution in [0.5, 0.6) is 11.5 Å². The maximum atomic E-state index is 13.2. The van der Waals surface area contributed by atoms with Crippen LogP contribution in [0, 0.1) is 5.82 Å². The number of rotatable bonds is 5. The second kappa shape index (κ2) is 6.39. The quantitative estimate of drug-likeness (QED) is 0.912. The molecule has 1 N–H and O–H groups in total. The zero-order valence-electron chi connectivity index (χ0n) is 11.5. The summed E-state index contributed by atoms with van der Waals surface area (Å²) in [5, 5.41) is 10.3. The van der Waals surface area contributed by atoms with Crippen molar-refractivity contribution in [2.45, 2.75) is 12.5 Å². The van der Waals surface area contributed by atoms with Gasteiger partial charge in [-0.2, -0.15) is 0 Å². The van der Waals surface area contributed by atoms with Crippen molar-refractivity contribution in [3.63, 3.8) is 0 Å². The largest absolute Gasteiger partial charge is 0.493 e. The van der Waals surface area contributed by atoms with E-state index in [9.17, 15) is 9.50 Å². The molecule has 0 bridgehead atoms. The van der Waals surface area contributed by atoms with Crippen molar-refractivity contribution in [3.05, 3.63) is 59.4 Å². The number of hydrogen-bond donors (Lipinski definition) is 1. The highest BCUT2D eigenvalue weighted by atomic mass is 19.1. The third-order valence-corrected chi connectivity index (χ3v) is 3.11. The Labute approximate surface area is 117 Å². The molecule has 0 radical (unpaired) electrons. The first-order valence-corrected chi connectivity index (χ1v) is 6.29. The summed E-state index contributed by atoms with van der Waals surface area (Å²) < 4.78 is 23.6. The van der Waals surface area contributed by atoms with Crippen LogP contribution < -0.4 is 9.47 Å². The van der Waals surface area contributed by atoms with Crippen LogP contribution in [-0.4, -0.2) is 19.3 Å². The molecule has 2 rings (SSSR count). The molecule has 0 spiro atoms. The fourth-order valence-corrected chi connectivity index (χ4v) is 2.17. The average Bonchev–Trinajstić information content (AvgIpc) is 2.46. The minimum Gasteiger partial charge on any atom is -0.493 e. The summed E-state index contributed by atoms with van der Waals surface area (Å²) in [5.74, 6) is 0.745. The Morgan fingerprint density at radius 3 is 2.50 bits per heavy atom. The number of ether oxygens (including phenoxy) is 2. The van der Waals surface area contributed by atoms with Gasteiger partial charge in [-0.1, -0.05) is 24.3 Å². The first kappa shape index (κ1) is 14.3. The molecule has 0 aliphatic heterocycles. The van der Waals surface area contributed by atoms with Crippen molar-refractivity contribution in [2.24, 2.45) is 0 Å². The predicted octanol–water partition coefficient (Wildman–Crippen LogP) is 3.12. The minimum atomic E-state index is -0.790. The second-order valence-corrected chi connectivity index (χ2v) is 4.43. The molecule has 0 fully saturated rings. The molecule has 0 saturated carbocycles. The Balaban J connectivity index is 2.27. The molecule has 1 atom stereocenters. The van der Waals surface area contributed by atoms with Crippen molar-refractivity contribution in [3.8, 4) is 11.5 Å². The molecule has 0 heterocycles. The topological polar surface area (TPSA) is 38.7 Å². The van der Waals surface area contributed by atoms with Crippen LogP contribution >= 0.6 is 0 Å². The Hall–Kier alpha value is -2.07. The fourth-order valence-electron chi connectivity index (χ4n) is 2.17. The van der Waals surface area contributed by atoms with E-state index in [0.717, 1.165) is 5.56 Å². The Morgan fingerprint density at radius 2 is 1.85 bits per heavy atom. The van der Waals surface area contributed by atoms with Crippen LogP contribution in [0.4, 0.5) is 4.39 Å². The van der Waals surface area contributed by atoms with Crippen LogP contribution in [0.15, 0.2) is 42.5 Å². The van der Waals surface area contributed by atoms with Crippen molar-refractivity contribution < 1.29 is 19.0 Å². The van der Waals surface area contributed by atoms with E-state index in [1.165, 1.54) is 19.2 Å². The summed E-state index contributed by atoms with van der Waals surface area (Å²) in [4.78, 5) is 0. The van der Waals surface area contributed by atoms with Gasteiger partial charge in [0.25, 0.3) is 0 Å². The van der Waals surface area contributed by atoms with Crippen LogP contribution in [0.1, 0.15) is 17.2 Å². The van der Waals surface area contributed by atoms with Gasteiger partial charge < -0.3 is 14.6 Å². The normalized spacial score (nSPS) is 12.0. The van der Waals surface area contributed by atoms with Gasteiger partial charge in [-0.25, -0.2) is 4.39 Å². The van der Waals surface area contributed by atoms with Gasteiger partial charge in [-0.15, -0.1) is 0 Å². The molecule has 3 nitrogen and oxygen atoms in total. The van der Waals surface area contributed by atoms with Crippen LogP contribution in [-0.2, 0) is 6.42 Å². The maximum absolute atomic E-state index is 13.2. The SMILES string of the molecule is COc1cccc(C(O)Cc2cccc(F)c2)c1OC. The number of methoxy groups -OCH3 is 2. The molecule has 2 aromatic carbocycles. The third-order valence-electron chi connectivity index (χ3n) is 3.11. The first-order chi connectivity index (χ1) is 9.65. The molecule has 2 aromatic rings. The highest BCUT2D eigenvalue weighted by Crippen LogP contribution is 2.35. The van der Waals surface area contributed by atoms with E-state index in [4.69, 9.17) is 9.47 Å². The second-order valence-electron chi connectivity index (χ2n) is 4.43. The van der Waals surface area contributed by atoms with E-state index in [1.54, 1.807) is 37.4 Å². The fraction of sp³-hybridized carbons (Fsp3) is 0.250. The summed E-state index contributed by atoms with van der Waals surface area (Å²) >= 11 is 0. The van der Waals surface area contributed by atoms with Crippen LogP contribution in [0.2, 0.25) is 0 Å². The number of para-hydroxylation sites is 1. The van der Waals surface area contributed by atoms with Crippen molar-refractivity contribution in [2.75, 3.05) is 14.2 Å². The van der Waals surface area contributed by atoms with Crippen molar-refractivity contribution in [1.82, 2.24) is 0 Å². The predicted molar refractivity (Wildman–Crippen MR) is 74.6 cm³/mol. The van der Waals surface area contributed by atoms with Gasteiger partial charge in [-0.05, 0) is 23.8 Å². The van der Waals surface area contributed by atoms with Gasteiger partial charge in [0, 0.05) is 12.0 Å². The van der Waals surface area contributed by atoms with Gasteiger partial charge in [-0.3, -0.25) is 0 Å². The first-order valence-electron chi connectivity index (χ1n) is 6.29. The highest BCUT2D eigenvalue weighted by molar-refractivity contribution is 5.48. The van der Waals surface area contributed by atoms with E-state index >= 15 is 0 Å². The van der Waals surface area contributed by atoms with Crippen LogP contribution in [0.3, 0.4) is 0 Å². The molecule has 20 heavy (non-hydrogen) atoms. The van der Waals surface area contributed by atoms with Gasteiger partial charge >= 0.3 is 0 Å². The van der Waals surface area contributed by atoms with Crippen molar-refractivity contribution >= 4 is 0 Å². The molecule has 0 aliphatic carbocycles. The molecular weight excluding hydrogens is 259 g/mol. The zero-order chi connectivity index (χ0) is 14.5. The molecule has 106 valence electrons. The van der Waals surface area contributed by atoms with E-state index in [0.29, 0.717) is 23.5 Å². The molecule has 4 heteroatoms. The van der Waals surface area contributed by atoms with E-state index < -0.39 is 6.10 Å². The summed E-state index contributed by atoms with van der Waals surface area (Å²) in [6.07, 6.45) is -0.483. The molecule has 1 unspecified atom stereocenters. The number of aliphatic hydroxyl groups is 1. The summed E-state index contributed by atoms with van der Waals surface area (Å²) in [6.45, 7) is 0. The molecular formula is C16H17FO3. The van der Waals surface area contributed by atoms with Crippen molar-refractivity contribution in [1.29, 1.82) is 0 Å². The number of hydrogen-bond acceptors (Lipinski definition) is 3. The van der Waals surface area contributed by atoms with E-state index in [-0.39, 0.29) is 5.82 Å². The number of benzene rings is 2. The summed E-state index contributed by atoms with van der Waals surface area (Å²) in [6, 6.07) is 11.5. The monoisotopic (exact) mass is 276 g/mol. The van der Waals surface area contributed by atoms with Crippen LogP contribution in [0.25, 0.3) is 0 Å². The zero-order valence-corrected chi connectivity index (χ0v) is 11.5. The highest BCUT2D eigenvalue weighted by Gasteiger charge is 2.17. The lowest BCUT2D eigenvalue weighted by atomic mass is 10.00. The lowest BCUT2D eigenvalue weighted by molar-refractivity contribution is 0.173. The number of aliphatic hydroxyl groups excluding tert-OH is 1. The third kappa shape index (κ3) is 3.08. The van der Waals surface area contributed by atoms with Gasteiger partial charge in [0.2, 0.25) is 0 Å². The van der Waals surface area contributed by atoms with E-state index in [2.05, 4.69) is 0 Å². The molecule has 0 amide bonds. The minimum absolute atomic E-state index is 0.307. The lowest BCUT2D eigenvalue weighted by Crippen LogP contribution is -2.05. The summed E-state index contributed by atoms with van der Waals surface area (Å²) in [5.41, 5.74) is 1.35.